The summed E-state index contributed by atoms with van der Waals surface area (Å²) in [6.07, 6.45) is 7.23. The fourth-order valence-electron chi connectivity index (χ4n) is 4.59. The lowest BCUT2D eigenvalue weighted by Crippen LogP contribution is -2.55. The molecule has 0 bridgehead atoms. The predicted octanol–water partition coefficient (Wildman–Crippen LogP) is 0.849. The average Bonchev–Trinajstić information content (AvgIpc) is 3.24. The van der Waals surface area contributed by atoms with Crippen molar-refractivity contribution in [2.24, 2.45) is 11.7 Å². The molecule has 2 saturated heterocycles. The fraction of sp³-hybridized carbons (Fsp3) is 0.375. The Morgan fingerprint density at radius 1 is 1.09 bits per heavy atom. The van der Waals surface area contributed by atoms with Crippen LogP contribution in [-0.4, -0.2) is 86.9 Å². The van der Waals surface area contributed by atoms with E-state index in [-0.39, 0.29) is 11.6 Å². The number of nitrogens with two attached hydrogens (primary N) is 1. The Morgan fingerprint density at radius 2 is 1.82 bits per heavy atom. The number of hydrogen-bond donors (Lipinski definition) is 1. The highest BCUT2D eigenvalue weighted by atomic mass is 16.2. The molecule has 2 amide bonds. The Bertz CT molecular complexity index is 1210. The molecule has 2 aliphatic heterocycles. The number of pyridine rings is 1. The van der Waals surface area contributed by atoms with Crippen LogP contribution in [0.15, 0.2) is 43.4 Å². The Kier molecular flexibility index (Phi) is 5.97. The van der Waals surface area contributed by atoms with Gasteiger partial charge >= 0.3 is 0 Å². The van der Waals surface area contributed by atoms with E-state index in [2.05, 4.69) is 35.9 Å². The highest BCUT2D eigenvalue weighted by molar-refractivity contribution is 5.93. The molecule has 0 aliphatic carbocycles. The Hall–Kier alpha value is -3.79. The molecule has 2 aliphatic rings. The van der Waals surface area contributed by atoms with Crippen LogP contribution in [0.4, 0.5) is 5.95 Å². The summed E-state index contributed by atoms with van der Waals surface area (Å²) in [5, 5.41) is 0.984. The molecule has 5 rings (SSSR count). The van der Waals surface area contributed by atoms with Gasteiger partial charge in [0.05, 0.1) is 6.54 Å². The van der Waals surface area contributed by atoms with Gasteiger partial charge in [-0.15, -0.1) is 0 Å². The molecule has 0 unspecified atom stereocenters. The molecule has 176 valence electrons. The number of hydrogen-bond acceptors (Lipinski definition) is 7. The smallest absolute Gasteiger partial charge is 0.267 e. The molecule has 3 aromatic heterocycles. The molecule has 10 heteroatoms. The van der Waals surface area contributed by atoms with E-state index in [9.17, 15) is 9.59 Å². The van der Waals surface area contributed by atoms with Crippen molar-refractivity contribution in [1.29, 1.82) is 0 Å². The first-order valence-corrected chi connectivity index (χ1v) is 11.5. The summed E-state index contributed by atoms with van der Waals surface area (Å²) in [5.74, 6) is 0.773. The third-order valence-electron chi connectivity index (χ3n) is 6.52. The lowest BCUT2D eigenvalue weighted by Gasteiger charge is -2.41. The molecule has 0 radical (unpaired) electrons. The van der Waals surface area contributed by atoms with E-state index in [1.165, 1.54) is 0 Å². The van der Waals surface area contributed by atoms with E-state index < -0.39 is 5.91 Å². The minimum atomic E-state index is -0.526. The lowest BCUT2D eigenvalue weighted by molar-refractivity contribution is -0.134. The number of likely N-dealkylation sites (tertiary alicyclic amines) is 1. The predicted molar refractivity (Wildman–Crippen MR) is 129 cm³/mol. The van der Waals surface area contributed by atoms with Gasteiger partial charge in [-0.25, -0.2) is 15.0 Å². The van der Waals surface area contributed by atoms with E-state index in [0.29, 0.717) is 31.5 Å². The number of anilines is 1. The summed E-state index contributed by atoms with van der Waals surface area (Å²) in [7, 11) is 0. The van der Waals surface area contributed by atoms with Gasteiger partial charge in [-0.2, -0.15) is 0 Å². The SMILES string of the molecule is C=Cc1cnc(N2CCN(C(=O)CN3CC(Cn4ccc5ccc(C(N)=O)nc54)C3)CC2)nc1. The lowest BCUT2D eigenvalue weighted by atomic mass is 10.00. The van der Waals surface area contributed by atoms with Crippen molar-refractivity contribution in [3.63, 3.8) is 0 Å². The Morgan fingerprint density at radius 3 is 2.50 bits per heavy atom. The Labute approximate surface area is 197 Å². The van der Waals surface area contributed by atoms with Gasteiger partial charge in [0.2, 0.25) is 11.9 Å². The summed E-state index contributed by atoms with van der Waals surface area (Å²) < 4.78 is 2.06. The van der Waals surface area contributed by atoms with Crippen molar-refractivity contribution in [1.82, 2.24) is 29.3 Å². The van der Waals surface area contributed by atoms with Crippen molar-refractivity contribution in [3.8, 4) is 0 Å². The number of piperazine rings is 1. The zero-order valence-corrected chi connectivity index (χ0v) is 19.0. The summed E-state index contributed by atoms with van der Waals surface area (Å²) >= 11 is 0. The minimum absolute atomic E-state index is 0.167. The quantitative estimate of drug-likeness (QED) is 0.556. The first-order chi connectivity index (χ1) is 16.5. The van der Waals surface area contributed by atoms with E-state index in [1.807, 2.05) is 23.2 Å². The van der Waals surface area contributed by atoms with Gasteiger partial charge in [-0.1, -0.05) is 12.7 Å². The number of carbonyl (C=O) groups is 2. The normalized spacial score (nSPS) is 17.1. The number of aromatic nitrogens is 4. The van der Waals surface area contributed by atoms with Crippen LogP contribution in [-0.2, 0) is 11.3 Å². The molecule has 0 aromatic carbocycles. The number of primary amides is 1. The standard InChI is InChI=1S/C24H28N8O2/c1-2-17-11-26-24(27-12-17)31-9-7-30(8-10-31)21(33)16-29-13-18(14-29)15-32-6-5-19-3-4-20(22(25)34)28-23(19)32/h2-6,11-12,18H,1,7-10,13-16H2,(H2,25,34). The molecule has 5 heterocycles. The zero-order chi connectivity index (χ0) is 23.7. The monoisotopic (exact) mass is 460 g/mol. The largest absolute Gasteiger partial charge is 0.364 e. The maximum atomic E-state index is 12.8. The van der Waals surface area contributed by atoms with Gasteiger partial charge in [-0.3, -0.25) is 14.5 Å². The maximum absolute atomic E-state index is 12.8. The number of rotatable bonds is 7. The fourth-order valence-corrected chi connectivity index (χ4v) is 4.59. The van der Waals surface area contributed by atoms with E-state index in [1.54, 1.807) is 24.5 Å². The molecule has 10 nitrogen and oxygen atoms in total. The van der Waals surface area contributed by atoms with E-state index in [0.717, 1.165) is 49.3 Å². The first-order valence-electron chi connectivity index (χ1n) is 11.5. The molecular weight excluding hydrogens is 432 g/mol. The summed E-state index contributed by atoms with van der Waals surface area (Å²) in [4.78, 5) is 43.6. The summed E-state index contributed by atoms with van der Waals surface area (Å²) in [6.45, 7) is 9.49. The van der Waals surface area contributed by atoms with Gasteiger partial charge < -0.3 is 20.1 Å². The van der Waals surface area contributed by atoms with Crippen LogP contribution in [0.5, 0.6) is 0 Å². The number of carbonyl (C=O) groups excluding carboxylic acids is 2. The number of fused-ring (bicyclic) bond motifs is 1. The second-order valence-corrected chi connectivity index (χ2v) is 8.89. The highest BCUT2D eigenvalue weighted by Crippen LogP contribution is 2.22. The molecule has 3 aromatic rings. The van der Waals surface area contributed by atoms with Gasteiger partial charge in [-0.05, 0) is 18.2 Å². The summed E-state index contributed by atoms with van der Waals surface area (Å²) in [6, 6.07) is 5.51. The molecule has 0 spiro atoms. The maximum Gasteiger partial charge on any atom is 0.267 e. The van der Waals surface area contributed by atoms with Crippen LogP contribution < -0.4 is 10.6 Å². The minimum Gasteiger partial charge on any atom is -0.364 e. The second kappa shape index (κ2) is 9.22. The van der Waals surface area contributed by atoms with Gasteiger partial charge in [0.15, 0.2) is 0 Å². The molecular formula is C24H28N8O2. The van der Waals surface area contributed by atoms with E-state index in [4.69, 9.17) is 5.73 Å². The molecule has 2 N–H and O–H groups in total. The molecule has 34 heavy (non-hydrogen) atoms. The molecule has 0 atom stereocenters. The van der Waals surface area contributed by atoms with Crippen LogP contribution in [0.3, 0.4) is 0 Å². The third kappa shape index (κ3) is 4.49. The van der Waals surface area contributed by atoms with Crippen molar-refractivity contribution < 1.29 is 9.59 Å². The summed E-state index contributed by atoms with van der Waals surface area (Å²) in [5.41, 5.74) is 7.30. The number of amides is 2. The van der Waals surface area contributed by atoms with E-state index >= 15 is 0 Å². The van der Waals surface area contributed by atoms with Crippen LogP contribution >= 0.6 is 0 Å². The Balaban J connectivity index is 1.09. The van der Waals surface area contributed by atoms with Crippen LogP contribution in [0.1, 0.15) is 16.1 Å². The van der Waals surface area contributed by atoms with Gasteiger partial charge in [0.1, 0.15) is 11.3 Å². The highest BCUT2D eigenvalue weighted by Gasteiger charge is 2.31. The van der Waals surface area contributed by atoms with Crippen LogP contribution in [0.2, 0.25) is 0 Å². The first kappa shape index (κ1) is 22.0. The van der Waals surface area contributed by atoms with Crippen molar-refractivity contribution in [2.75, 3.05) is 50.7 Å². The third-order valence-corrected chi connectivity index (χ3v) is 6.52. The van der Waals surface area contributed by atoms with Crippen LogP contribution in [0, 0.1) is 5.92 Å². The average molecular weight is 461 g/mol. The van der Waals surface area contributed by atoms with Gasteiger partial charge in [0, 0.05) is 81.3 Å². The van der Waals surface area contributed by atoms with Crippen molar-refractivity contribution in [3.05, 3.63) is 54.6 Å². The van der Waals surface area contributed by atoms with Crippen molar-refractivity contribution in [2.45, 2.75) is 6.54 Å². The van der Waals surface area contributed by atoms with Crippen molar-refractivity contribution >= 4 is 34.9 Å². The molecule has 0 saturated carbocycles. The van der Waals surface area contributed by atoms with Crippen LogP contribution in [0.25, 0.3) is 17.1 Å². The topological polar surface area (TPSA) is 113 Å². The number of nitrogens with zero attached hydrogens (tertiary/aromatic N) is 7. The molecule has 2 fully saturated rings. The zero-order valence-electron chi connectivity index (χ0n) is 19.0. The second-order valence-electron chi connectivity index (χ2n) is 8.89. The van der Waals surface area contributed by atoms with Gasteiger partial charge in [0.25, 0.3) is 5.91 Å².